The molecular formula is C15H23BN2O3. The lowest BCUT2D eigenvalue weighted by atomic mass is 9.78. The zero-order valence-electron chi connectivity index (χ0n) is 13.3. The predicted octanol–water partition coefficient (Wildman–Crippen LogP) is 1.98. The number of rotatable bonds is 3. The molecule has 0 amide bonds. The first-order chi connectivity index (χ1) is 9.66. The molecule has 6 heteroatoms. The Morgan fingerprint density at radius 3 is 2.38 bits per heavy atom. The van der Waals surface area contributed by atoms with Crippen LogP contribution in [0, 0.1) is 6.92 Å². The van der Waals surface area contributed by atoms with E-state index in [1.54, 1.807) is 12.1 Å². The van der Waals surface area contributed by atoms with Crippen LogP contribution in [0.25, 0.3) is 6.08 Å². The number of nitrogens with two attached hydrogens (primary N) is 1. The van der Waals surface area contributed by atoms with Gasteiger partial charge in [0, 0.05) is 0 Å². The Morgan fingerprint density at radius 2 is 1.86 bits per heavy atom. The molecular weight excluding hydrogens is 267 g/mol. The van der Waals surface area contributed by atoms with E-state index in [0.29, 0.717) is 17.0 Å². The number of nitrogens with zero attached hydrogens (tertiary/aromatic N) is 1. The van der Waals surface area contributed by atoms with Crippen molar-refractivity contribution in [2.45, 2.75) is 45.8 Å². The summed E-state index contributed by atoms with van der Waals surface area (Å²) in [5.41, 5.74) is 7.17. The number of pyridine rings is 1. The standard InChI is InChI=1S/C15H23BN2O3/c1-10-6-7-13(17)18-12(10)8-11(9-19)16-20-14(2,3)15(4,5)21-16/h6-8,19H,9H2,1-5H3,(H2,17,18). The zero-order chi connectivity index (χ0) is 15.8. The Labute approximate surface area is 126 Å². The van der Waals surface area contributed by atoms with Crippen LogP contribution in [0.2, 0.25) is 0 Å². The third kappa shape index (κ3) is 3.12. The van der Waals surface area contributed by atoms with Crippen LogP contribution in [-0.4, -0.2) is 35.0 Å². The molecule has 0 spiro atoms. The third-order valence-electron chi connectivity index (χ3n) is 4.22. The molecule has 1 fully saturated rings. The summed E-state index contributed by atoms with van der Waals surface area (Å²) in [6.45, 7) is 9.69. The van der Waals surface area contributed by atoms with Crippen LogP contribution >= 0.6 is 0 Å². The van der Waals surface area contributed by atoms with Crippen molar-refractivity contribution in [1.82, 2.24) is 4.98 Å². The number of hydrogen-bond donors (Lipinski definition) is 2. The van der Waals surface area contributed by atoms with E-state index in [9.17, 15) is 5.11 Å². The van der Waals surface area contributed by atoms with Gasteiger partial charge in [0.1, 0.15) is 5.82 Å². The van der Waals surface area contributed by atoms with E-state index >= 15 is 0 Å². The van der Waals surface area contributed by atoms with Gasteiger partial charge in [-0.05, 0) is 57.8 Å². The summed E-state index contributed by atoms with van der Waals surface area (Å²) < 4.78 is 11.9. The van der Waals surface area contributed by atoms with Crippen LogP contribution in [0.5, 0.6) is 0 Å². The molecule has 2 rings (SSSR count). The van der Waals surface area contributed by atoms with E-state index in [-0.39, 0.29) is 6.61 Å². The molecule has 0 unspecified atom stereocenters. The number of aryl methyl sites for hydroxylation is 1. The molecule has 5 nitrogen and oxygen atoms in total. The van der Waals surface area contributed by atoms with E-state index in [4.69, 9.17) is 15.0 Å². The molecule has 0 atom stereocenters. The van der Waals surface area contributed by atoms with Crippen LogP contribution in [0.3, 0.4) is 0 Å². The Bertz CT molecular complexity index is 554. The number of hydrogen-bond acceptors (Lipinski definition) is 5. The first-order valence-corrected chi connectivity index (χ1v) is 7.06. The predicted molar refractivity (Wildman–Crippen MR) is 84.5 cm³/mol. The van der Waals surface area contributed by atoms with Crippen molar-refractivity contribution in [2.75, 3.05) is 12.3 Å². The Morgan fingerprint density at radius 1 is 1.29 bits per heavy atom. The first kappa shape index (κ1) is 16.0. The molecule has 3 N–H and O–H groups in total. The van der Waals surface area contributed by atoms with Gasteiger partial charge in [-0.1, -0.05) is 6.07 Å². The summed E-state index contributed by atoms with van der Waals surface area (Å²) in [5, 5.41) is 9.66. The van der Waals surface area contributed by atoms with Gasteiger partial charge in [0.2, 0.25) is 0 Å². The summed E-state index contributed by atoms with van der Waals surface area (Å²) in [4.78, 5) is 4.28. The molecule has 21 heavy (non-hydrogen) atoms. The van der Waals surface area contributed by atoms with Crippen LogP contribution in [0.1, 0.15) is 39.0 Å². The van der Waals surface area contributed by atoms with Gasteiger partial charge >= 0.3 is 7.12 Å². The summed E-state index contributed by atoms with van der Waals surface area (Å²) in [7, 11) is -0.581. The summed E-state index contributed by atoms with van der Waals surface area (Å²) in [6.07, 6.45) is 1.79. The topological polar surface area (TPSA) is 77.6 Å². The molecule has 0 bridgehead atoms. The van der Waals surface area contributed by atoms with E-state index in [1.165, 1.54) is 0 Å². The summed E-state index contributed by atoms with van der Waals surface area (Å²) in [6, 6.07) is 3.65. The highest BCUT2D eigenvalue weighted by atomic mass is 16.7. The van der Waals surface area contributed by atoms with Crippen molar-refractivity contribution in [3.05, 3.63) is 28.9 Å². The molecule has 0 aliphatic carbocycles. The monoisotopic (exact) mass is 290 g/mol. The first-order valence-electron chi connectivity index (χ1n) is 7.06. The van der Waals surface area contributed by atoms with Crippen molar-refractivity contribution in [2.24, 2.45) is 0 Å². The fourth-order valence-electron chi connectivity index (χ4n) is 2.06. The lowest BCUT2D eigenvalue weighted by Gasteiger charge is -2.32. The van der Waals surface area contributed by atoms with Gasteiger partial charge < -0.3 is 20.1 Å². The number of aliphatic hydroxyl groups is 1. The molecule has 0 radical (unpaired) electrons. The van der Waals surface area contributed by atoms with Crippen molar-refractivity contribution >= 4 is 19.0 Å². The van der Waals surface area contributed by atoms with Crippen LogP contribution in [0.4, 0.5) is 5.82 Å². The lowest BCUT2D eigenvalue weighted by molar-refractivity contribution is 0.00578. The molecule has 1 aromatic heterocycles. The second kappa shape index (κ2) is 5.44. The van der Waals surface area contributed by atoms with Crippen LogP contribution in [0.15, 0.2) is 17.6 Å². The maximum Gasteiger partial charge on any atom is 0.492 e. The largest absolute Gasteiger partial charge is 0.492 e. The second-order valence-corrected chi connectivity index (χ2v) is 6.40. The minimum absolute atomic E-state index is 0.160. The second-order valence-electron chi connectivity index (χ2n) is 6.40. The normalized spacial score (nSPS) is 20.9. The van der Waals surface area contributed by atoms with Crippen LogP contribution < -0.4 is 5.73 Å². The average molecular weight is 290 g/mol. The van der Waals surface area contributed by atoms with Crippen molar-refractivity contribution in [3.63, 3.8) is 0 Å². The van der Waals surface area contributed by atoms with Gasteiger partial charge in [-0.15, -0.1) is 0 Å². The fourth-order valence-corrected chi connectivity index (χ4v) is 2.06. The summed E-state index contributed by atoms with van der Waals surface area (Å²) in [5.74, 6) is 0.443. The van der Waals surface area contributed by atoms with E-state index in [2.05, 4.69) is 4.98 Å². The minimum atomic E-state index is -0.581. The van der Waals surface area contributed by atoms with Crippen molar-refractivity contribution in [1.29, 1.82) is 0 Å². The van der Waals surface area contributed by atoms with Gasteiger partial charge in [-0.3, -0.25) is 0 Å². The molecule has 114 valence electrons. The van der Waals surface area contributed by atoms with Gasteiger partial charge in [0.25, 0.3) is 0 Å². The molecule has 1 aromatic rings. The van der Waals surface area contributed by atoms with E-state index < -0.39 is 18.3 Å². The molecule has 1 saturated heterocycles. The Hall–Kier alpha value is -1.37. The van der Waals surface area contributed by atoms with E-state index in [1.807, 2.05) is 40.7 Å². The van der Waals surface area contributed by atoms with Crippen molar-refractivity contribution < 1.29 is 14.4 Å². The Balaban J connectivity index is 2.33. The molecule has 2 heterocycles. The Kier molecular flexibility index (Phi) is 4.15. The number of aromatic nitrogens is 1. The lowest BCUT2D eigenvalue weighted by Crippen LogP contribution is -2.41. The maximum atomic E-state index is 9.66. The highest BCUT2D eigenvalue weighted by Crippen LogP contribution is 2.38. The highest BCUT2D eigenvalue weighted by molar-refractivity contribution is 6.55. The quantitative estimate of drug-likeness (QED) is 0.832. The number of aliphatic hydroxyl groups excluding tert-OH is 1. The molecule has 1 aliphatic heterocycles. The SMILES string of the molecule is Cc1ccc(N)nc1C=C(CO)B1OC(C)(C)C(C)(C)O1. The number of anilines is 1. The molecule has 0 aromatic carbocycles. The van der Waals surface area contributed by atoms with Crippen molar-refractivity contribution in [3.8, 4) is 0 Å². The third-order valence-corrected chi connectivity index (χ3v) is 4.22. The van der Waals surface area contributed by atoms with Crippen LogP contribution in [-0.2, 0) is 9.31 Å². The average Bonchev–Trinajstić information content (AvgIpc) is 2.59. The fraction of sp³-hybridized carbons (Fsp3) is 0.533. The maximum absolute atomic E-state index is 9.66. The highest BCUT2D eigenvalue weighted by Gasteiger charge is 2.52. The minimum Gasteiger partial charge on any atom is -0.400 e. The molecule has 1 aliphatic rings. The zero-order valence-corrected chi connectivity index (χ0v) is 13.3. The molecule has 0 saturated carbocycles. The number of nitrogen functional groups attached to an aromatic ring is 1. The van der Waals surface area contributed by atoms with Gasteiger partial charge in [-0.25, -0.2) is 4.98 Å². The van der Waals surface area contributed by atoms with Gasteiger partial charge in [0.15, 0.2) is 0 Å². The van der Waals surface area contributed by atoms with Gasteiger partial charge in [-0.2, -0.15) is 0 Å². The van der Waals surface area contributed by atoms with E-state index in [0.717, 1.165) is 5.56 Å². The van der Waals surface area contributed by atoms with Gasteiger partial charge in [0.05, 0.1) is 23.5 Å². The smallest absolute Gasteiger partial charge is 0.400 e. The summed E-state index contributed by atoms with van der Waals surface area (Å²) >= 11 is 0.